The highest BCUT2D eigenvalue weighted by Gasteiger charge is 2.23. The molecule has 0 saturated carbocycles. The van der Waals surface area contributed by atoms with Gasteiger partial charge in [-0.15, -0.1) is 0 Å². The van der Waals surface area contributed by atoms with Crippen molar-refractivity contribution in [3.05, 3.63) is 29.8 Å². The minimum absolute atomic E-state index is 0.132. The molecule has 0 bridgehead atoms. The number of rotatable bonds is 7. The smallest absolute Gasteiger partial charge is 0.253 e. The van der Waals surface area contributed by atoms with Gasteiger partial charge in [-0.1, -0.05) is 26.0 Å². The van der Waals surface area contributed by atoms with Crippen molar-refractivity contribution in [1.29, 1.82) is 0 Å². The first-order valence-corrected chi connectivity index (χ1v) is 10.6. The summed E-state index contributed by atoms with van der Waals surface area (Å²) in [6.45, 7) is 8.03. The van der Waals surface area contributed by atoms with Crippen LogP contribution in [0.5, 0.6) is 0 Å². The summed E-state index contributed by atoms with van der Waals surface area (Å²) in [5.41, 5.74) is 1.77. The van der Waals surface area contributed by atoms with Crippen LogP contribution in [0.1, 0.15) is 32.4 Å². The van der Waals surface area contributed by atoms with E-state index in [-0.39, 0.29) is 17.4 Å². The van der Waals surface area contributed by atoms with Crippen LogP contribution in [0, 0.1) is 5.92 Å². The molecular weight excluding hydrogens is 340 g/mol. The number of nitrogens with one attached hydrogen (secondary N) is 1. The van der Waals surface area contributed by atoms with Gasteiger partial charge < -0.3 is 15.0 Å². The van der Waals surface area contributed by atoms with Crippen molar-refractivity contribution in [2.24, 2.45) is 5.92 Å². The van der Waals surface area contributed by atoms with E-state index in [2.05, 4.69) is 10.2 Å². The van der Waals surface area contributed by atoms with Crippen molar-refractivity contribution in [3.8, 4) is 0 Å². The summed E-state index contributed by atoms with van der Waals surface area (Å²) >= 11 is 0. The molecule has 140 valence electrons. The first kappa shape index (κ1) is 19.7. The van der Waals surface area contributed by atoms with Crippen LogP contribution in [0.3, 0.4) is 0 Å². The lowest BCUT2D eigenvalue weighted by Crippen LogP contribution is -2.40. The molecule has 0 aromatic heterocycles. The minimum atomic E-state index is -2.89. The van der Waals surface area contributed by atoms with Crippen LogP contribution in [0.4, 0.5) is 5.69 Å². The zero-order chi connectivity index (χ0) is 18.4. The highest BCUT2D eigenvalue weighted by atomic mass is 32.2. The summed E-state index contributed by atoms with van der Waals surface area (Å²) in [4.78, 5) is 14.4. The first-order chi connectivity index (χ1) is 11.8. The largest absolute Gasteiger partial charge is 0.369 e. The van der Waals surface area contributed by atoms with E-state index in [1.165, 1.54) is 0 Å². The number of ether oxygens (including phenoxy) is 1. The highest BCUT2D eigenvalue weighted by molar-refractivity contribution is 7.91. The Kier molecular flexibility index (Phi) is 6.84. The Bertz CT molecular complexity index is 657. The molecule has 1 N–H and O–H groups in total. The molecule has 1 atom stereocenters. The maximum atomic E-state index is 12.4. The van der Waals surface area contributed by atoms with Gasteiger partial charge in [0.2, 0.25) is 0 Å². The molecule has 7 heteroatoms. The van der Waals surface area contributed by atoms with Crippen LogP contribution in [-0.4, -0.2) is 52.1 Å². The molecule has 0 radical (unpaired) electrons. The van der Waals surface area contributed by atoms with Gasteiger partial charge in [-0.3, -0.25) is 4.79 Å². The van der Waals surface area contributed by atoms with Crippen LogP contribution in [0.2, 0.25) is 0 Å². The SMILES string of the molecule is CCOC(C(=O)NCC(C)C)c1ccc(N2CCS(=O)(=O)CC2)cc1. The molecule has 6 nitrogen and oxygen atoms in total. The summed E-state index contributed by atoms with van der Waals surface area (Å²) in [6.07, 6.45) is -0.625. The van der Waals surface area contributed by atoms with Crippen LogP contribution in [0.25, 0.3) is 0 Å². The average molecular weight is 368 g/mol. The van der Waals surface area contributed by atoms with Crippen LogP contribution < -0.4 is 10.2 Å². The maximum absolute atomic E-state index is 12.4. The molecular formula is C18H28N2O4S. The molecule has 1 aliphatic heterocycles. The topological polar surface area (TPSA) is 75.7 Å². The standard InChI is InChI=1S/C18H28N2O4S/c1-4-24-17(18(21)19-13-14(2)3)15-5-7-16(8-6-15)20-9-11-25(22,23)12-10-20/h5-8,14,17H,4,9-13H2,1-3H3,(H,19,21). The van der Waals surface area contributed by atoms with Gasteiger partial charge in [-0.25, -0.2) is 8.42 Å². The van der Waals surface area contributed by atoms with Gasteiger partial charge in [0.1, 0.15) is 0 Å². The summed E-state index contributed by atoms with van der Waals surface area (Å²) in [6, 6.07) is 7.62. The second-order valence-electron chi connectivity index (χ2n) is 6.70. The molecule has 1 unspecified atom stereocenters. The number of amides is 1. The van der Waals surface area contributed by atoms with Crippen LogP contribution in [-0.2, 0) is 19.4 Å². The van der Waals surface area contributed by atoms with Crippen molar-refractivity contribution in [3.63, 3.8) is 0 Å². The van der Waals surface area contributed by atoms with E-state index in [0.29, 0.717) is 32.2 Å². The third kappa shape index (κ3) is 5.71. The van der Waals surface area contributed by atoms with E-state index >= 15 is 0 Å². The van der Waals surface area contributed by atoms with Gasteiger partial charge in [0, 0.05) is 31.9 Å². The predicted molar refractivity (Wildman–Crippen MR) is 99.5 cm³/mol. The van der Waals surface area contributed by atoms with Crippen LogP contribution in [0.15, 0.2) is 24.3 Å². The minimum Gasteiger partial charge on any atom is -0.369 e. The van der Waals surface area contributed by atoms with Gasteiger partial charge in [0.05, 0.1) is 11.5 Å². The Morgan fingerprint density at radius 1 is 1.20 bits per heavy atom. The Morgan fingerprint density at radius 3 is 2.32 bits per heavy atom. The number of hydrogen-bond donors (Lipinski definition) is 1. The lowest BCUT2D eigenvalue weighted by molar-refractivity contribution is -0.133. The van der Waals surface area contributed by atoms with Crippen molar-refractivity contribution in [2.75, 3.05) is 42.6 Å². The number of sulfone groups is 1. The molecule has 1 aromatic rings. The quantitative estimate of drug-likeness (QED) is 0.794. The van der Waals surface area contributed by atoms with E-state index in [4.69, 9.17) is 4.74 Å². The van der Waals surface area contributed by atoms with E-state index < -0.39 is 15.9 Å². The van der Waals surface area contributed by atoms with Crippen molar-refractivity contribution in [2.45, 2.75) is 26.9 Å². The molecule has 1 heterocycles. The Hall–Kier alpha value is -1.60. The molecule has 1 saturated heterocycles. The molecule has 1 fully saturated rings. The number of benzene rings is 1. The van der Waals surface area contributed by atoms with E-state index in [1.807, 2.05) is 45.0 Å². The third-order valence-electron chi connectivity index (χ3n) is 4.16. The summed E-state index contributed by atoms with van der Waals surface area (Å²) < 4.78 is 28.7. The van der Waals surface area contributed by atoms with Gasteiger partial charge >= 0.3 is 0 Å². The summed E-state index contributed by atoms with van der Waals surface area (Å²) in [5.74, 6) is 0.623. The average Bonchev–Trinajstić information content (AvgIpc) is 2.58. The lowest BCUT2D eigenvalue weighted by Gasteiger charge is -2.29. The first-order valence-electron chi connectivity index (χ1n) is 8.77. The van der Waals surface area contributed by atoms with Crippen molar-refractivity contribution < 1.29 is 17.9 Å². The molecule has 2 rings (SSSR count). The highest BCUT2D eigenvalue weighted by Crippen LogP contribution is 2.23. The van der Waals surface area contributed by atoms with Gasteiger partial charge in [-0.05, 0) is 30.5 Å². The molecule has 25 heavy (non-hydrogen) atoms. The summed E-state index contributed by atoms with van der Waals surface area (Å²) in [5, 5.41) is 2.91. The number of hydrogen-bond acceptors (Lipinski definition) is 5. The number of carbonyl (C=O) groups is 1. The van der Waals surface area contributed by atoms with E-state index in [1.54, 1.807) is 0 Å². The second kappa shape index (κ2) is 8.67. The number of carbonyl (C=O) groups excluding carboxylic acids is 1. The monoisotopic (exact) mass is 368 g/mol. The zero-order valence-corrected chi connectivity index (χ0v) is 16.0. The molecule has 1 aromatic carbocycles. The van der Waals surface area contributed by atoms with Gasteiger partial charge in [-0.2, -0.15) is 0 Å². The van der Waals surface area contributed by atoms with Gasteiger partial charge in [0.25, 0.3) is 5.91 Å². The van der Waals surface area contributed by atoms with Crippen molar-refractivity contribution in [1.82, 2.24) is 5.32 Å². The number of anilines is 1. The molecule has 1 aliphatic rings. The molecule has 1 amide bonds. The second-order valence-corrected chi connectivity index (χ2v) is 9.01. The fourth-order valence-corrected chi connectivity index (χ4v) is 3.92. The molecule has 0 spiro atoms. The fraction of sp³-hybridized carbons (Fsp3) is 0.611. The fourth-order valence-electron chi connectivity index (χ4n) is 2.72. The normalized spacial score (nSPS) is 18.2. The third-order valence-corrected chi connectivity index (χ3v) is 5.77. The zero-order valence-electron chi connectivity index (χ0n) is 15.2. The van der Waals surface area contributed by atoms with E-state index in [0.717, 1.165) is 11.3 Å². The van der Waals surface area contributed by atoms with Gasteiger partial charge in [0.15, 0.2) is 15.9 Å². The lowest BCUT2D eigenvalue weighted by atomic mass is 10.1. The Balaban J connectivity index is 2.06. The van der Waals surface area contributed by atoms with E-state index in [9.17, 15) is 13.2 Å². The Labute approximate surface area is 150 Å². The summed E-state index contributed by atoms with van der Waals surface area (Å²) in [7, 11) is -2.89. The van der Waals surface area contributed by atoms with Crippen LogP contribution >= 0.6 is 0 Å². The molecule has 0 aliphatic carbocycles. The predicted octanol–water partition coefficient (Wildman–Crippen LogP) is 1.77. The Morgan fingerprint density at radius 2 is 1.80 bits per heavy atom. The maximum Gasteiger partial charge on any atom is 0.253 e. The van der Waals surface area contributed by atoms with Crippen molar-refractivity contribution >= 4 is 21.4 Å². The number of nitrogens with zero attached hydrogens (tertiary/aromatic N) is 1.